The van der Waals surface area contributed by atoms with Gasteiger partial charge in [0.2, 0.25) is 5.43 Å². The Morgan fingerprint density at radius 1 is 1.11 bits per heavy atom. The minimum absolute atomic E-state index is 0.241. The molecule has 0 aliphatic carbocycles. The highest BCUT2D eigenvalue weighted by Crippen LogP contribution is 2.27. The van der Waals surface area contributed by atoms with Gasteiger partial charge in [-0.05, 0) is 35.4 Å². The number of morpholine rings is 1. The fourth-order valence-corrected chi connectivity index (χ4v) is 3.25. The molecule has 1 aromatic heterocycles. The van der Waals surface area contributed by atoms with Crippen LogP contribution in [0.25, 0.3) is 22.0 Å². The number of ether oxygens (including phenoxy) is 2. The minimum atomic E-state index is -1.52. The SMILES string of the molecule is O=C(O)Oc1c[nH]c2ccc(-c3cccc(N4CCOCC4)c3)cc2c1=O. The first-order chi connectivity index (χ1) is 13.1. The van der Waals surface area contributed by atoms with Gasteiger partial charge in [-0.2, -0.15) is 0 Å². The van der Waals surface area contributed by atoms with Crippen LogP contribution in [0.5, 0.6) is 5.75 Å². The number of H-pyrrole nitrogens is 1. The van der Waals surface area contributed by atoms with E-state index in [1.165, 1.54) is 6.20 Å². The maximum atomic E-state index is 12.5. The number of rotatable bonds is 3. The molecule has 2 heterocycles. The molecule has 0 saturated carbocycles. The lowest BCUT2D eigenvalue weighted by Gasteiger charge is -2.29. The van der Waals surface area contributed by atoms with E-state index in [1.807, 2.05) is 18.2 Å². The number of nitrogens with zero attached hydrogens (tertiary/aromatic N) is 1. The molecule has 2 N–H and O–H groups in total. The van der Waals surface area contributed by atoms with Crippen LogP contribution in [-0.4, -0.2) is 42.5 Å². The molecule has 1 aliphatic heterocycles. The standard InChI is InChI=1S/C20H18N2O5/c23-19-16-11-14(4-5-17(16)21-12-18(19)27-20(24)25)13-2-1-3-15(10-13)22-6-8-26-9-7-22/h1-5,10-12H,6-9H2,(H,21,23)(H,24,25). The van der Waals surface area contributed by atoms with Gasteiger partial charge in [0.05, 0.1) is 13.2 Å². The Morgan fingerprint density at radius 2 is 1.89 bits per heavy atom. The van der Waals surface area contributed by atoms with Crippen molar-refractivity contribution in [1.29, 1.82) is 0 Å². The average molecular weight is 366 g/mol. The first kappa shape index (κ1) is 17.1. The van der Waals surface area contributed by atoms with Gasteiger partial charge >= 0.3 is 6.16 Å². The summed E-state index contributed by atoms with van der Waals surface area (Å²) in [6.45, 7) is 3.11. The Labute approximate surface area is 154 Å². The highest BCUT2D eigenvalue weighted by atomic mass is 16.7. The summed E-state index contributed by atoms with van der Waals surface area (Å²) in [6.07, 6.45) is -0.258. The molecule has 0 unspecified atom stereocenters. The van der Waals surface area contributed by atoms with Crippen LogP contribution in [0.2, 0.25) is 0 Å². The Hall–Kier alpha value is -3.32. The number of nitrogens with one attached hydrogen (secondary N) is 1. The molecule has 0 radical (unpaired) electrons. The van der Waals surface area contributed by atoms with E-state index in [0.717, 1.165) is 29.9 Å². The Balaban J connectivity index is 1.74. The molecule has 7 nitrogen and oxygen atoms in total. The zero-order valence-corrected chi connectivity index (χ0v) is 14.5. The van der Waals surface area contributed by atoms with Crippen molar-refractivity contribution in [2.24, 2.45) is 0 Å². The summed E-state index contributed by atoms with van der Waals surface area (Å²) in [5, 5.41) is 9.14. The van der Waals surface area contributed by atoms with Crippen molar-refractivity contribution in [3.63, 3.8) is 0 Å². The second-order valence-corrected chi connectivity index (χ2v) is 6.26. The number of anilines is 1. The summed E-state index contributed by atoms with van der Waals surface area (Å²) in [4.78, 5) is 28.4. The number of hydrogen-bond acceptors (Lipinski definition) is 5. The van der Waals surface area contributed by atoms with Crippen molar-refractivity contribution in [3.8, 4) is 16.9 Å². The van der Waals surface area contributed by atoms with Crippen LogP contribution in [0.1, 0.15) is 0 Å². The summed E-state index contributed by atoms with van der Waals surface area (Å²) in [5.74, 6) is -0.241. The van der Waals surface area contributed by atoms with E-state index in [1.54, 1.807) is 12.1 Å². The van der Waals surface area contributed by atoms with Crippen LogP contribution in [0.3, 0.4) is 0 Å². The van der Waals surface area contributed by atoms with Gasteiger partial charge in [0.25, 0.3) is 0 Å². The van der Waals surface area contributed by atoms with E-state index in [2.05, 4.69) is 26.8 Å². The molecular formula is C20H18N2O5. The lowest BCUT2D eigenvalue weighted by atomic mass is 10.0. The molecule has 2 aromatic carbocycles. The largest absolute Gasteiger partial charge is 0.511 e. The molecule has 7 heteroatoms. The smallest absolute Gasteiger partial charge is 0.449 e. The fraction of sp³-hybridized carbons (Fsp3) is 0.200. The molecule has 0 spiro atoms. The molecule has 138 valence electrons. The summed E-state index contributed by atoms with van der Waals surface area (Å²) < 4.78 is 9.95. The predicted molar refractivity (Wildman–Crippen MR) is 102 cm³/mol. The van der Waals surface area contributed by atoms with Crippen LogP contribution < -0.4 is 15.1 Å². The van der Waals surface area contributed by atoms with E-state index in [4.69, 9.17) is 9.84 Å². The number of aromatic nitrogens is 1. The van der Waals surface area contributed by atoms with E-state index in [-0.39, 0.29) is 5.75 Å². The van der Waals surface area contributed by atoms with Gasteiger partial charge in [0, 0.05) is 35.9 Å². The highest BCUT2D eigenvalue weighted by Gasteiger charge is 2.13. The maximum absolute atomic E-state index is 12.5. The summed E-state index contributed by atoms with van der Waals surface area (Å²) in [5.41, 5.74) is 3.11. The minimum Gasteiger partial charge on any atom is -0.449 e. The van der Waals surface area contributed by atoms with E-state index < -0.39 is 11.6 Å². The van der Waals surface area contributed by atoms with E-state index in [9.17, 15) is 9.59 Å². The van der Waals surface area contributed by atoms with Gasteiger partial charge in [0.1, 0.15) is 0 Å². The number of carbonyl (C=O) groups is 1. The van der Waals surface area contributed by atoms with Gasteiger partial charge in [-0.25, -0.2) is 4.79 Å². The second-order valence-electron chi connectivity index (χ2n) is 6.26. The zero-order chi connectivity index (χ0) is 18.8. The van der Waals surface area contributed by atoms with Crippen LogP contribution >= 0.6 is 0 Å². The van der Waals surface area contributed by atoms with Crippen molar-refractivity contribution in [1.82, 2.24) is 4.98 Å². The number of hydrogen-bond donors (Lipinski definition) is 2. The molecule has 3 aromatic rings. The van der Waals surface area contributed by atoms with Gasteiger partial charge < -0.3 is 24.5 Å². The third kappa shape index (κ3) is 3.50. The maximum Gasteiger partial charge on any atom is 0.511 e. The summed E-state index contributed by atoms with van der Waals surface area (Å²) in [7, 11) is 0. The summed E-state index contributed by atoms with van der Waals surface area (Å²) in [6, 6.07) is 13.6. The highest BCUT2D eigenvalue weighted by molar-refractivity contribution is 5.86. The third-order valence-electron chi connectivity index (χ3n) is 4.60. The molecule has 0 amide bonds. The van der Waals surface area contributed by atoms with Crippen molar-refractivity contribution < 1.29 is 19.4 Å². The van der Waals surface area contributed by atoms with Crippen molar-refractivity contribution in [2.75, 3.05) is 31.2 Å². The van der Waals surface area contributed by atoms with Crippen LogP contribution in [0, 0.1) is 0 Å². The monoisotopic (exact) mass is 366 g/mol. The molecule has 0 atom stereocenters. The molecule has 4 rings (SSSR count). The van der Waals surface area contributed by atoms with Gasteiger partial charge in [-0.1, -0.05) is 18.2 Å². The molecule has 1 aliphatic rings. The van der Waals surface area contributed by atoms with Gasteiger partial charge in [-0.15, -0.1) is 0 Å². The van der Waals surface area contributed by atoms with Crippen molar-refractivity contribution in [2.45, 2.75) is 0 Å². The lowest BCUT2D eigenvalue weighted by Crippen LogP contribution is -2.36. The van der Waals surface area contributed by atoms with E-state index >= 15 is 0 Å². The Kier molecular flexibility index (Phi) is 4.52. The van der Waals surface area contributed by atoms with Gasteiger partial charge in [-0.3, -0.25) is 4.79 Å². The average Bonchev–Trinajstić information content (AvgIpc) is 2.70. The molecule has 1 fully saturated rings. The Morgan fingerprint density at radius 3 is 2.67 bits per heavy atom. The predicted octanol–water partition coefficient (Wildman–Crippen LogP) is 3.09. The molecule has 27 heavy (non-hydrogen) atoms. The number of aromatic amines is 1. The van der Waals surface area contributed by atoms with E-state index in [0.29, 0.717) is 24.1 Å². The quantitative estimate of drug-likeness (QED) is 0.692. The fourth-order valence-electron chi connectivity index (χ4n) is 3.25. The first-order valence-electron chi connectivity index (χ1n) is 8.61. The third-order valence-corrected chi connectivity index (χ3v) is 4.60. The van der Waals surface area contributed by atoms with Crippen LogP contribution in [-0.2, 0) is 4.74 Å². The zero-order valence-electron chi connectivity index (χ0n) is 14.5. The van der Waals surface area contributed by atoms with Gasteiger partial charge in [0.15, 0.2) is 5.75 Å². The van der Waals surface area contributed by atoms with Crippen molar-refractivity contribution in [3.05, 3.63) is 58.9 Å². The topological polar surface area (TPSA) is 91.9 Å². The molecule has 0 bridgehead atoms. The number of benzene rings is 2. The number of carboxylic acid groups (broad SMARTS) is 1. The lowest BCUT2D eigenvalue weighted by molar-refractivity contribution is 0.122. The van der Waals surface area contributed by atoms with Crippen LogP contribution in [0.15, 0.2) is 53.5 Å². The Bertz CT molecular complexity index is 1050. The normalized spacial score (nSPS) is 14.3. The molecule has 1 saturated heterocycles. The first-order valence-corrected chi connectivity index (χ1v) is 8.61. The number of fused-ring (bicyclic) bond motifs is 1. The second kappa shape index (κ2) is 7.13. The van der Waals surface area contributed by atoms with Crippen molar-refractivity contribution >= 4 is 22.7 Å². The van der Waals surface area contributed by atoms with Crippen LogP contribution in [0.4, 0.5) is 10.5 Å². The summed E-state index contributed by atoms with van der Waals surface area (Å²) >= 11 is 0. The number of pyridine rings is 1. The molecular weight excluding hydrogens is 348 g/mol.